The molecule has 2 fully saturated rings. The van der Waals surface area contributed by atoms with Gasteiger partial charge in [-0.2, -0.15) is 0 Å². The Hall–Kier alpha value is -0.650. The van der Waals surface area contributed by atoms with Gasteiger partial charge in [-0.1, -0.05) is 0 Å². The van der Waals surface area contributed by atoms with Crippen LogP contribution in [-0.4, -0.2) is 75.1 Å². The van der Waals surface area contributed by atoms with Crippen LogP contribution in [-0.2, 0) is 4.79 Å². The van der Waals surface area contributed by atoms with E-state index in [1.54, 1.807) is 0 Å². The average molecular weight is 254 g/mol. The number of likely N-dealkylation sites (N-methyl/N-ethyl adjacent to an activating group) is 2. The van der Waals surface area contributed by atoms with Crippen molar-refractivity contribution in [3.05, 3.63) is 0 Å². The van der Waals surface area contributed by atoms with Gasteiger partial charge in [-0.05, 0) is 40.0 Å². The lowest BCUT2D eigenvalue weighted by atomic mass is 9.97. The van der Waals surface area contributed by atoms with Crippen LogP contribution in [0.5, 0.6) is 0 Å². The summed E-state index contributed by atoms with van der Waals surface area (Å²) < 4.78 is 0. The topological polar surface area (TPSA) is 47.6 Å². The first-order valence-corrected chi connectivity index (χ1v) is 7.04. The zero-order valence-corrected chi connectivity index (χ0v) is 11.6. The fraction of sp³-hybridized carbons (Fsp3) is 0.923. The van der Waals surface area contributed by atoms with Crippen LogP contribution in [0, 0.1) is 5.92 Å². The first-order valence-electron chi connectivity index (χ1n) is 7.04. The second-order valence-electron chi connectivity index (χ2n) is 5.67. The fourth-order valence-corrected chi connectivity index (χ4v) is 2.77. The van der Waals surface area contributed by atoms with Crippen molar-refractivity contribution in [1.82, 2.24) is 20.4 Å². The Kier molecular flexibility index (Phi) is 4.97. The quantitative estimate of drug-likeness (QED) is 0.702. The number of nitrogens with one attached hydrogen (secondary N) is 2. The van der Waals surface area contributed by atoms with Gasteiger partial charge in [0.25, 0.3) is 0 Å². The summed E-state index contributed by atoms with van der Waals surface area (Å²) in [5.41, 5.74) is 0. The van der Waals surface area contributed by atoms with E-state index in [-0.39, 0.29) is 11.8 Å². The number of piperazine rings is 1. The normalized spacial score (nSPS) is 28.2. The van der Waals surface area contributed by atoms with Crippen molar-refractivity contribution in [3.8, 4) is 0 Å². The molecule has 0 spiro atoms. The van der Waals surface area contributed by atoms with Crippen LogP contribution in [0.1, 0.15) is 12.8 Å². The maximum Gasteiger partial charge on any atom is 0.223 e. The van der Waals surface area contributed by atoms with Crippen LogP contribution in [0.25, 0.3) is 0 Å². The largest absolute Gasteiger partial charge is 0.354 e. The molecule has 18 heavy (non-hydrogen) atoms. The molecule has 2 rings (SSSR count). The van der Waals surface area contributed by atoms with Gasteiger partial charge in [0, 0.05) is 38.1 Å². The minimum atomic E-state index is 0.220. The summed E-state index contributed by atoms with van der Waals surface area (Å²) >= 11 is 0. The Bertz CT molecular complexity index is 278. The SMILES string of the molecule is CN1CCN(C)C(CNC(=O)C2CCNCC2)C1. The van der Waals surface area contributed by atoms with Crippen molar-refractivity contribution in [2.45, 2.75) is 18.9 Å². The lowest BCUT2D eigenvalue weighted by molar-refractivity contribution is -0.126. The van der Waals surface area contributed by atoms with Crippen molar-refractivity contribution >= 4 is 5.91 Å². The molecule has 5 nitrogen and oxygen atoms in total. The highest BCUT2D eigenvalue weighted by Gasteiger charge is 2.25. The molecule has 0 saturated carbocycles. The second-order valence-corrected chi connectivity index (χ2v) is 5.67. The zero-order chi connectivity index (χ0) is 13.0. The van der Waals surface area contributed by atoms with Crippen LogP contribution >= 0.6 is 0 Å². The first kappa shape index (κ1) is 13.8. The van der Waals surface area contributed by atoms with E-state index in [0.29, 0.717) is 6.04 Å². The Morgan fingerprint density at radius 1 is 1.28 bits per heavy atom. The third-order valence-corrected chi connectivity index (χ3v) is 4.20. The predicted molar refractivity (Wildman–Crippen MR) is 72.5 cm³/mol. The highest BCUT2D eigenvalue weighted by atomic mass is 16.1. The molecular formula is C13H26N4O. The van der Waals surface area contributed by atoms with Crippen LogP contribution in [0.4, 0.5) is 0 Å². The molecule has 1 unspecified atom stereocenters. The van der Waals surface area contributed by atoms with E-state index in [1.165, 1.54) is 0 Å². The van der Waals surface area contributed by atoms with Crippen molar-refractivity contribution in [1.29, 1.82) is 0 Å². The van der Waals surface area contributed by atoms with Gasteiger partial charge in [-0.3, -0.25) is 9.69 Å². The van der Waals surface area contributed by atoms with E-state index in [4.69, 9.17) is 0 Å². The number of nitrogens with zero attached hydrogens (tertiary/aromatic N) is 2. The average Bonchev–Trinajstić information content (AvgIpc) is 2.40. The van der Waals surface area contributed by atoms with Crippen molar-refractivity contribution in [2.24, 2.45) is 5.92 Å². The molecule has 2 heterocycles. The third kappa shape index (κ3) is 3.67. The Labute approximate surface area is 110 Å². The number of hydrogen-bond donors (Lipinski definition) is 2. The summed E-state index contributed by atoms with van der Waals surface area (Å²) in [6, 6.07) is 0.453. The van der Waals surface area contributed by atoms with E-state index in [2.05, 4.69) is 34.5 Å². The molecule has 2 aliphatic heterocycles. The predicted octanol–water partition coefficient (Wildman–Crippen LogP) is -0.652. The smallest absolute Gasteiger partial charge is 0.223 e. The minimum Gasteiger partial charge on any atom is -0.354 e. The highest BCUT2D eigenvalue weighted by molar-refractivity contribution is 5.78. The van der Waals surface area contributed by atoms with Crippen LogP contribution in [0.15, 0.2) is 0 Å². The van der Waals surface area contributed by atoms with Crippen molar-refractivity contribution < 1.29 is 4.79 Å². The minimum absolute atomic E-state index is 0.220. The molecule has 2 N–H and O–H groups in total. The van der Waals surface area contributed by atoms with Gasteiger partial charge in [-0.25, -0.2) is 0 Å². The van der Waals surface area contributed by atoms with E-state index < -0.39 is 0 Å². The monoisotopic (exact) mass is 254 g/mol. The molecule has 1 amide bonds. The van der Waals surface area contributed by atoms with E-state index in [1.807, 2.05) is 0 Å². The van der Waals surface area contributed by atoms with Gasteiger partial charge in [-0.15, -0.1) is 0 Å². The first-order chi connectivity index (χ1) is 8.66. The zero-order valence-electron chi connectivity index (χ0n) is 11.6. The summed E-state index contributed by atoms with van der Waals surface area (Å²) in [5.74, 6) is 0.469. The molecule has 5 heteroatoms. The number of amides is 1. The fourth-order valence-electron chi connectivity index (χ4n) is 2.77. The van der Waals surface area contributed by atoms with Crippen LogP contribution < -0.4 is 10.6 Å². The standard InChI is InChI=1S/C13H26N4O/c1-16-7-8-17(2)12(10-16)9-15-13(18)11-3-5-14-6-4-11/h11-12,14H,3-10H2,1-2H3,(H,15,18). The summed E-state index contributed by atoms with van der Waals surface area (Å²) in [6.45, 7) is 5.99. The molecule has 0 radical (unpaired) electrons. The molecule has 0 aromatic carbocycles. The van der Waals surface area contributed by atoms with Gasteiger partial charge in [0.15, 0.2) is 0 Å². The Balaban J connectivity index is 1.74. The Morgan fingerprint density at radius 3 is 2.72 bits per heavy atom. The molecule has 2 aliphatic rings. The van der Waals surface area contributed by atoms with E-state index in [9.17, 15) is 4.79 Å². The van der Waals surface area contributed by atoms with Crippen molar-refractivity contribution in [2.75, 3.05) is 53.4 Å². The molecule has 0 aromatic heterocycles. The summed E-state index contributed by atoms with van der Waals surface area (Å²) in [5, 5.41) is 6.43. The Morgan fingerprint density at radius 2 is 2.00 bits per heavy atom. The molecule has 2 saturated heterocycles. The highest BCUT2D eigenvalue weighted by Crippen LogP contribution is 2.12. The summed E-state index contributed by atoms with van der Waals surface area (Å²) in [6.07, 6.45) is 1.96. The number of rotatable bonds is 3. The van der Waals surface area contributed by atoms with Gasteiger partial charge in [0.05, 0.1) is 0 Å². The number of hydrogen-bond acceptors (Lipinski definition) is 4. The maximum atomic E-state index is 12.1. The van der Waals surface area contributed by atoms with E-state index in [0.717, 1.165) is 52.1 Å². The molecule has 0 aromatic rings. The maximum absolute atomic E-state index is 12.1. The number of carbonyl (C=O) groups is 1. The molecular weight excluding hydrogens is 228 g/mol. The molecule has 0 aliphatic carbocycles. The van der Waals surface area contributed by atoms with Gasteiger partial charge < -0.3 is 15.5 Å². The number of carbonyl (C=O) groups excluding carboxylic acids is 1. The van der Waals surface area contributed by atoms with Gasteiger partial charge in [0.1, 0.15) is 0 Å². The summed E-state index contributed by atoms with van der Waals surface area (Å²) in [4.78, 5) is 16.7. The van der Waals surface area contributed by atoms with Crippen LogP contribution in [0.2, 0.25) is 0 Å². The molecule has 104 valence electrons. The lowest BCUT2D eigenvalue weighted by Gasteiger charge is -2.38. The molecule has 1 atom stereocenters. The van der Waals surface area contributed by atoms with Crippen LogP contribution in [0.3, 0.4) is 0 Å². The lowest BCUT2D eigenvalue weighted by Crippen LogP contribution is -2.55. The summed E-state index contributed by atoms with van der Waals surface area (Å²) in [7, 11) is 4.29. The van der Waals surface area contributed by atoms with E-state index >= 15 is 0 Å². The van der Waals surface area contributed by atoms with Crippen molar-refractivity contribution in [3.63, 3.8) is 0 Å². The van der Waals surface area contributed by atoms with Gasteiger partial charge in [0.2, 0.25) is 5.91 Å². The second kappa shape index (κ2) is 6.50. The number of piperidine rings is 1. The third-order valence-electron chi connectivity index (χ3n) is 4.20. The van der Waals surface area contributed by atoms with Gasteiger partial charge >= 0.3 is 0 Å². The molecule has 0 bridgehead atoms.